The van der Waals surface area contributed by atoms with Crippen molar-refractivity contribution in [2.45, 2.75) is 31.5 Å². The number of carbonyl (C=O) groups excluding carboxylic acids is 2. The molecule has 0 saturated heterocycles. The summed E-state index contributed by atoms with van der Waals surface area (Å²) in [5.41, 5.74) is 2.71. The van der Waals surface area contributed by atoms with Crippen LogP contribution in [0.1, 0.15) is 17.0 Å². The van der Waals surface area contributed by atoms with Crippen LogP contribution in [0.2, 0.25) is 0 Å². The largest absolute Gasteiger partial charge is 0.467 e. The number of aromatic nitrogens is 4. The van der Waals surface area contributed by atoms with Gasteiger partial charge in [-0.2, -0.15) is 4.98 Å². The fourth-order valence-electron chi connectivity index (χ4n) is 2.76. The molecule has 28 heavy (non-hydrogen) atoms. The van der Waals surface area contributed by atoms with Crippen molar-refractivity contribution in [3.05, 3.63) is 53.3 Å². The van der Waals surface area contributed by atoms with Crippen LogP contribution < -0.4 is 5.32 Å². The molecule has 1 N–H and O–H groups in total. The Morgan fingerprint density at radius 2 is 1.96 bits per heavy atom. The molecule has 8 nitrogen and oxygen atoms in total. The predicted molar refractivity (Wildman–Crippen MR) is 105 cm³/mol. The molecule has 0 aliphatic carbocycles. The number of thioether (sulfide) groups is 1. The van der Waals surface area contributed by atoms with Gasteiger partial charge in [-0.15, -0.1) is 5.10 Å². The number of methoxy groups -OCH3 is 1. The maximum absolute atomic E-state index is 12.4. The van der Waals surface area contributed by atoms with E-state index in [1.165, 1.54) is 18.9 Å². The minimum atomic E-state index is -0.749. The van der Waals surface area contributed by atoms with Gasteiger partial charge in [-0.05, 0) is 25.5 Å². The van der Waals surface area contributed by atoms with E-state index in [-0.39, 0.29) is 11.7 Å². The first kappa shape index (κ1) is 19.8. The maximum atomic E-state index is 12.4. The molecule has 0 saturated carbocycles. The summed E-state index contributed by atoms with van der Waals surface area (Å²) in [7, 11) is 1.30. The summed E-state index contributed by atoms with van der Waals surface area (Å²) in [6, 6.07) is 10.6. The van der Waals surface area contributed by atoms with Crippen molar-refractivity contribution in [3.8, 4) is 0 Å². The molecule has 1 aromatic carbocycles. The Morgan fingerprint density at radius 3 is 2.68 bits per heavy atom. The van der Waals surface area contributed by atoms with Crippen molar-refractivity contribution in [2.75, 3.05) is 12.9 Å². The van der Waals surface area contributed by atoms with Crippen LogP contribution in [0.25, 0.3) is 5.78 Å². The monoisotopic (exact) mass is 399 g/mol. The molecule has 0 aliphatic heterocycles. The summed E-state index contributed by atoms with van der Waals surface area (Å²) >= 11 is 1.19. The van der Waals surface area contributed by atoms with Crippen molar-refractivity contribution in [2.24, 2.45) is 0 Å². The quantitative estimate of drug-likeness (QED) is 0.477. The van der Waals surface area contributed by atoms with Crippen molar-refractivity contribution >= 4 is 29.4 Å². The Balaban J connectivity index is 1.63. The third-order valence-electron chi connectivity index (χ3n) is 4.03. The van der Waals surface area contributed by atoms with E-state index >= 15 is 0 Å². The van der Waals surface area contributed by atoms with Gasteiger partial charge >= 0.3 is 5.97 Å². The number of carbonyl (C=O) groups is 2. The molecule has 0 unspecified atom stereocenters. The van der Waals surface area contributed by atoms with Crippen molar-refractivity contribution in [3.63, 3.8) is 0 Å². The highest BCUT2D eigenvalue weighted by Gasteiger charge is 2.22. The van der Waals surface area contributed by atoms with Gasteiger partial charge in [0.2, 0.25) is 11.1 Å². The normalized spacial score (nSPS) is 12.0. The number of fused-ring (bicyclic) bond motifs is 1. The second-order valence-electron chi connectivity index (χ2n) is 6.27. The molecule has 3 rings (SSSR count). The fraction of sp³-hybridized carbons (Fsp3) is 0.316. The van der Waals surface area contributed by atoms with Crippen LogP contribution in [-0.4, -0.2) is 50.4 Å². The molecular formula is C19H21N5O3S. The van der Waals surface area contributed by atoms with Gasteiger partial charge in [0.25, 0.3) is 5.78 Å². The lowest BCUT2D eigenvalue weighted by molar-refractivity contribution is -0.144. The lowest BCUT2D eigenvalue weighted by Gasteiger charge is -2.16. The van der Waals surface area contributed by atoms with Gasteiger partial charge in [-0.3, -0.25) is 4.79 Å². The molecule has 2 heterocycles. The molecule has 9 heteroatoms. The lowest BCUT2D eigenvalue weighted by Crippen LogP contribution is -2.43. The van der Waals surface area contributed by atoms with E-state index < -0.39 is 12.0 Å². The first-order valence-corrected chi connectivity index (χ1v) is 9.70. The number of aryl methyl sites for hydroxylation is 2. The Hall–Kier alpha value is -2.94. The zero-order valence-corrected chi connectivity index (χ0v) is 16.7. The molecular weight excluding hydrogens is 378 g/mol. The van der Waals surface area contributed by atoms with Crippen LogP contribution in [0.15, 0.2) is 41.6 Å². The number of nitrogens with zero attached hydrogens (tertiary/aromatic N) is 4. The summed E-state index contributed by atoms with van der Waals surface area (Å²) in [5, 5.41) is 7.54. The van der Waals surface area contributed by atoms with Gasteiger partial charge in [0, 0.05) is 17.8 Å². The zero-order chi connectivity index (χ0) is 20.1. The Kier molecular flexibility index (Phi) is 6.25. The molecule has 1 amide bonds. The number of nitrogens with one attached hydrogen (secondary N) is 1. The van der Waals surface area contributed by atoms with Gasteiger partial charge in [-0.25, -0.2) is 14.3 Å². The standard InChI is InChI=1S/C19H21N5O3S/c1-12-9-13(2)24-18(20-12)22-19(23-24)28-11-16(25)21-15(17(26)27-3)10-14-7-5-4-6-8-14/h4-9,15H,10-11H2,1-3H3,(H,21,25)/t15-/m0/s1. The minimum Gasteiger partial charge on any atom is -0.467 e. The summed E-state index contributed by atoms with van der Waals surface area (Å²) < 4.78 is 6.45. The van der Waals surface area contributed by atoms with E-state index in [9.17, 15) is 9.59 Å². The highest BCUT2D eigenvalue weighted by atomic mass is 32.2. The summed E-state index contributed by atoms with van der Waals surface area (Å²) in [6.45, 7) is 3.81. The average molecular weight is 399 g/mol. The highest BCUT2D eigenvalue weighted by Crippen LogP contribution is 2.15. The van der Waals surface area contributed by atoms with Crippen LogP contribution in [0.5, 0.6) is 0 Å². The summed E-state index contributed by atoms with van der Waals surface area (Å²) in [5.74, 6) is -0.201. The number of amides is 1. The van der Waals surface area contributed by atoms with Crippen LogP contribution in [0.4, 0.5) is 0 Å². The smallest absolute Gasteiger partial charge is 0.328 e. The van der Waals surface area contributed by atoms with Crippen LogP contribution in [0, 0.1) is 13.8 Å². The fourth-order valence-corrected chi connectivity index (χ4v) is 3.39. The molecule has 0 spiro atoms. The van der Waals surface area contributed by atoms with E-state index in [0.717, 1.165) is 17.0 Å². The Bertz CT molecular complexity index is 990. The van der Waals surface area contributed by atoms with Crippen LogP contribution in [0.3, 0.4) is 0 Å². The summed E-state index contributed by atoms with van der Waals surface area (Å²) in [6.07, 6.45) is 0.360. The number of ether oxygens (including phenoxy) is 1. The first-order chi connectivity index (χ1) is 13.5. The predicted octanol–water partition coefficient (Wildman–Crippen LogP) is 1.73. The van der Waals surface area contributed by atoms with Gasteiger partial charge in [0.1, 0.15) is 6.04 Å². The van der Waals surface area contributed by atoms with E-state index in [4.69, 9.17) is 4.74 Å². The maximum Gasteiger partial charge on any atom is 0.328 e. The number of rotatable bonds is 7. The summed E-state index contributed by atoms with van der Waals surface area (Å²) in [4.78, 5) is 33.1. The third-order valence-corrected chi connectivity index (χ3v) is 4.87. The van der Waals surface area contributed by atoms with Gasteiger partial charge in [0.15, 0.2) is 0 Å². The van der Waals surface area contributed by atoms with Gasteiger partial charge < -0.3 is 10.1 Å². The topological polar surface area (TPSA) is 98.5 Å². The molecule has 0 aliphatic rings. The molecule has 0 bridgehead atoms. The third kappa shape index (κ3) is 4.86. The molecule has 1 atom stereocenters. The van der Waals surface area contributed by atoms with Gasteiger partial charge in [-0.1, -0.05) is 42.1 Å². The number of benzene rings is 1. The first-order valence-electron chi connectivity index (χ1n) is 8.71. The second kappa shape index (κ2) is 8.83. The molecule has 0 fully saturated rings. The minimum absolute atomic E-state index is 0.0806. The number of hydrogen-bond donors (Lipinski definition) is 1. The van der Waals surface area contributed by atoms with Crippen LogP contribution >= 0.6 is 11.8 Å². The van der Waals surface area contributed by atoms with E-state index in [2.05, 4.69) is 20.4 Å². The highest BCUT2D eigenvalue weighted by molar-refractivity contribution is 7.99. The van der Waals surface area contributed by atoms with Crippen molar-refractivity contribution < 1.29 is 14.3 Å². The number of hydrogen-bond acceptors (Lipinski definition) is 7. The van der Waals surface area contributed by atoms with Crippen LogP contribution in [-0.2, 0) is 20.7 Å². The second-order valence-corrected chi connectivity index (χ2v) is 7.21. The molecule has 0 radical (unpaired) electrons. The molecule has 146 valence electrons. The molecule has 3 aromatic rings. The SMILES string of the molecule is COC(=O)[C@H](Cc1ccccc1)NC(=O)CSc1nc2nc(C)cc(C)n2n1. The lowest BCUT2D eigenvalue weighted by atomic mass is 10.1. The molecule has 2 aromatic heterocycles. The number of esters is 1. The van der Waals surface area contributed by atoms with E-state index in [1.807, 2.05) is 50.2 Å². The zero-order valence-electron chi connectivity index (χ0n) is 15.9. The Morgan fingerprint density at radius 1 is 1.21 bits per heavy atom. The van der Waals surface area contributed by atoms with E-state index in [0.29, 0.717) is 17.4 Å². The Labute approximate surface area is 166 Å². The van der Waals surface area contributed by atoms with Crippen molar-refractivity contribution in [1.82, 2.24) is 24.9 Å². The van der Waals surface area contributed by atoms with E-state index in [1.54, 1.807) is 4.52 Å². The van der Waals surface area contributed by atoms with Gasteiger partial charge in [0.05, 0.1) is 12.9 Å². The average Bonchev–Trinajstić information content (AvgIpc) is 3.09. The van der Waals surface area contributed by atoms with Crippen molar-refractivity contribution in [1.29, 1.82) is 0 Å².